The van der Waals surface area contributed by atoms with Crippen molar-refractivity contribution in [2.24, 2.45) is 5.92 Å². The monoisotopic (exact) mass is 533 g/mol. The van der Waals surface area contributed by atoms with Crippen molar-refractivity contribution in [3.05, 3.63) is 62.6 Å². The van der Waals surface area contributed by atoms with Crippen LogP contribution >= 0.6 is 58.0 Å². The average Bonchev–Trinajstić information content (AvgIpc) is 3.65. The SMILES string of the molecule is CNC1(N(C)C(=O)c2cc(NC(=O)C3C(c4ccc(Cl)c(Cl)c4)C3(Cl)Cl)ccc2Cl)CC1. The van der Waals surface area contributed by atoms with Gasteiger partial charge in [-0.15, -0.1) is 23.2 Å². The summed E-state index contributed by atoms with van der Waals surface area (Å²) in [7, 11) is 3.55. The number of amides is 2. The zero-order valence-electron chi connectivity index (χ0n) is 17.2. The van der Waals surface area contributed by atoms with Crippen molar-refractivity contribution in [1.82, 2.24) is 10.2 Å². The van der Waals surface area contributed by atoms with Gasteiger partial charge in [0.25, 0.3) is 5.91 Å². The van der Waals surface area contributed by atoms with E-state index in [1.165, 1.54) is 0 Å². The fourth-order valence-corrected chi connectivity index (χ4v) is 5.34. The summed E-state index contributed by atoms with van der Waals surface area (Å²) in [6.45, 7) is 0. The third-order valence-corrected chi connectivity index (χ3v) is 8.25. The summed E-state index contributed by atoms with van der Waals surface area (Å²) in [6.07, 6.45) is 1.73. The highest BCUT2D eigenvalue weighted by molar-refractivity contribution is 6.53. The minimum Gasteiger partial charge on any atom is -0.326 e. The Labute approximate surface area is 211 Å². The molecule has 0 aliphatic heterocycles. The van der Waals surface area contributed by atoms with Crippen LogP contribution in [0.2, 0.25) is 15.1 Å². The van der Waals surface area contributed by atoms with Gasteiger partial charge in [0, 0.05) is 18.7 Å². The third-order valence-electron chi connectivity index (χ3n) is 6.24. The first-order valence-corrected chi connectivity index (χ1v) is 11.8. The molecule has 2 fully saturated rings. The first-order valence-electron chi connectivity index (χ1n) is 9.92. The molecule has 2 amide bonds. The molecule has 2 aliphatic rings. The van der Waals surface area contributed by atoms with Gasteiger partial charge in [0.05, 0.1) is 32.2 Å². The number of nitrogens with one attached hydrogen (secondary N) is 2. The van der Waals surface area contributed by atoms with Gasteiger partial charge in [-0.1, -0.05) is 40.9 Å². The zero-order valence-corrected chi connectivity index (χ0v) is 21.0. The van der Waals surface area contributed by atoms with Crippen LogP contribution in [-0.4, -0.2) is 40.8 Å². The van der Waals surface area contributed by atoms with E-state index in [4.69, 9.17) is 58.0 Å². The van der Waals surface area contributed by atoms with Crippen molar-refractivity contribution in [3.8, 4) is 0 Å². The van der Waals surface area contributed by atoms with Gasteiger partial charge >= 0.3 is 0 Å². The molecule has 0 heterocycles. The summed E-state index contributed by atoms with van der Waals surface area (Å²) in [5, 5.41) is 7.04. The minimum atomic E-state index is -1.28. The van der Waals surface area contributed by atoms with Crippen LogP contribution in [0.3, 0.4) is 0 Å². The van der Waals surface area contributed by atoms with Crippen LogP contribution in [0.1, 0.15) is 34.7 Å². The number of hydrogen-bond acceptors (Lipinski definition) is 3. The largest absolute Gasteiger partial charge is 0.326 e. The molecule has 2 aromatic rings. The Kier molecular flexibility index (Phi) is 6.38. The van der Waals surface area contributed by atoms with E-state index in [0.717, 1.165) is 18.4 Å². The molecule has 0 saturated heterocycles. The molecule has 0 aromatic heterocycles. The Bertz CT molecular complexity index is 1100. The van der Waals surface area contributed by atoms with Crippen molar-refractivity contribution in [3.63, 3.8) is 0 Å². The number of hydrogen-bond donors (Lipinski definition) is 2. The second kappa shape index (κ2) is 8.53. The van der Waals surface area contributed by atoms with Gasteiger partial charge in [-0.05, 0) is 55.8 Å². The minimum absolute atomic E-state index is 0.234. The predicted octanol–water partition coefficient (Wildman–Crippen LogP) is 5.95. The molecule has 2 aliphatic carbocycles. The lowest BCUT2D eigenvalue weighted by atomic mass is 10.1. The van der Waals surface area contributed by atoms with Gasteiger partial charge in [0.2, 0.25) is 5.91 Å². The summed E-state index contributed by atoms with van der Waals surface area (Å²) >= 11 is 31.2. The van der Waals surface area contributed by atoms with E-state index in [1.807, 2.05) is 7.05 Å². The third kappa shape index (κ3) is 4.20. The quantitative estimate of drug-likeness (QED) is 0.355. The van der Waals surface area contributed by atoms with Crippen molar-refractivity contribution in [2.45, 2.75) is 28.8 Å². The Morgan fingerprint density at radius 1 is 1.00 bits per heavy atom. The summed E-state index contributed by atoms with van der Waals surface area (Å²) in [4.78, 5) is 27.6. The van der Waals surface area contributed by atoms with Crippen LogP contribution in [0.25, 0.3) is 0 Å². The van der Waals surface area contributed by atoms with Gasteiger partial charge in [-0.25, -0.2) is 0 Å². The zero-order chi connectivity index (χ0) is 23.4. The fraction of sp³-hybridized carbons (Fsp3) is 0.364. The van der Waals surface area contributed by atoms with Crippen molar-refractivity contribution in [1.29, 1.82) is 0 Å². The molecular formula is C22H20Cl5N3O2. The van der Waals surface area contributed by atoms with Crippen LogP contribution < -0.4 is 10.6 Å². The molecular weight excluding hydrogens is 516 g/mol. The van der Waals surface area contributed by atoms with E-state index >= 15 is 0 Å². The lowest BCUT2D eigenvalue weighted by Crippen LogP contribution is -2.47. The highest BCUT2D eigenvalue weighted by Crippen LogP contribution is 2.65. The van der Waals surface area contributed by atoms with Crippen molar-refractivity contribution >= 4 is 75.5 Å². The number of rotatable bonds is 6. The van der Waals surface area contributed by atoms with E-state index in [0.29, 0.717) is 26.3 Å². The summed E-state index contributed by atoms with van der Waals surface area (Å²) < 4.78 is -1.28. The van der Waals surface area contributed by atoms with Gasteiger partial charge in [0.1, 0.15) is 4.33 Å². The van der Waals surface area contributed by atoms with E-state index in [9.17, 15) is 9.59 Å². The molecule has 32 heavy (non-hydrogen) atoms. The van der Waals surface area contributed by atoms with Crippen LogP contribution in [0, 0.1) is 5.92 Å². The Morgan fingerprint density at radius 2 is 1.66 bits per heavy atom. The van der Waals surface area contributed by atoms with E-state index in [-0.39, 0.29) is 17.5 Å². The average molecular weight is 536 g/mol. The Morgan fingerprint density at radius 3 is 2.25 bits per heavy atom. The molecule has 2 aromatic carbocycles. The molecule has 5 nitrogen and oxygen atoms in total. The van der Waals surface area contributed by atoms with Gasteiger partial charge in [-0.3, -0.25) is 14.9 Å². The van der Waals surface area contributed by atoms with Crippen molar-refractivity contribution in [2.75, 3.05) is 19.4 Å². The number of carbonyl (C=O) groups is 2. The molecule has 0 radical (unpaired) electrons. The topological polar surface area (TPSA) is 61.4 Å². The summed E-state index contributed by atoms with van der Waals surface area (Å²) in [5.74, 6) is -1.73. The van der Waals surface area contributed by atoms with Crippen LogP contribution in [0.15, 0.2) is 36.4 Å². The second-order valence-corrected chi connectivity index (χ2v) is 10.8. The number of halogens is 5. The Balaban J connectivity index is 1.52. The smallest absolute Gasteiger partial charge is 0.256 e. The maximum Gasteiger partial charge on any atom is 0.256 e. The first-order chi connectivity index (χ1) is 15.0. The van der Waals surface area contributed by atoms with Gasteiger partial charge < -0.3 is 10.2 Å². The van der Waals surface area contributed by atoms with Gasteiger partial charge in [-0.2, -0.15) is 0 Å². The first kappa shape index (κ1) is 23.9. The van der Waals surface area contributed by atoms with Crippen LogP contribution in [0.4, 0.5) is 5.69 Å². The molecule has 2 saturated carbocycles. The summed E-state index contributed by atoms with van der Waals surface area (Å²) in [6, 6.07) is 9.81. The number of anilines is 1. The fourth-order valence-electron chi connectivity index (χ4n) is 4.01. The lowest BCUT2D eigenvalue weighted by Gasteiger charge is -2.28. The second-order valence-electron chi connectivity index (χ2n) is 8.13. The molecule has 0 bridgehead atoms. The van der Waals surface area contributed by atoms with Crippen molar-refractivity contribution < 1.29 is 9.59 Å². The maximum absolute atomic E-state index is 13.0. The molecule has 10 heteroatoms. The molecule has 2 atom stereocenters. The normalized spacial score (nSPS) is 22.2. The predicted molar refractivity (Wildman–Crippen MR) is 130 cm³/mol. The highest BCUT2D eigenvalue weighted by Gasteiger charge is 2.67. The number of carbonyl (C=O) groups excluding carboxylic acids is 2. The molecule has 170 valence electrons. The van der Waals surface area contributed by atoms with Crippen LogP contribution in [0.5, 0.6) is 0 Å². The van der Waals surface area contributed by atoms with E-state index < -0.39 is 16.2 Å². The molecule has 2 N–H and O–H groups in total. The standard InChI is InChI=1S/C22H20Cl5N3O2/c1-28-21(7-8-21)30(2)20(32)13-10-12(4-6-14(13)23)29-19(31)18-17(22(18,26)27)11-3-5-15(24)16(25)9-11/h3-6,9-10,17-18,28H,7-8H2,1-2H3,(H,29,31). The van der Waals surface area contributed by atoms with Gasteiger partial charge in [0.15, 0.2) is 0 Å². The molecule has 2 unspecified atom stereocenters. The number of benzene rings is 2. The van der Waals surface area contributed by atoms with Crippen LogP contribution in [-0.2, 0) is 4.79 Å². The molecule has 4 rings (SSSR count). The Hall–Kier alpha value is -1.21. The maximum atomic E-state index is 13.0. The summed E-state index contributed by atoms with van der Waals surface area (Å²) in [5.41, 5.74) is 1.10. The van der Waals surface area contributed by atoms with E-state index in [1.54, 1.807) is 48.3 Å². The number of nitrogens with zero attached hydrogens (tertiary/aromatic N) is 1. The number of alkyl halides is 2. The van der Waals surface area contributed by atoms with E-state index in [2.05, 4.69) is 10.6 Å². The highest BCUT2D eigenvalue weighted by atomic mass is 35.5. The molecule has 0 spiro atoms. The lowest BCUT2D eigenvalue weighted by molar-refractivity contribution is -0.117.